The van der Waals surface area contributed by atoms with Gasteiger partial charge < -0.3 is 15.6 Å². The van der Waals surface area contributed by atoms with E-state index in [0.717, 1.165) is 24.9 Å². The quantitative estimate of drug-likeness (QED) is 0.608. The van der Waals surface area contributed by atoms with Crippen molar-refractivity contribution >= 4 is 29.1 Å². The minimum Gasteiger partial charge on any atom is -0.366 e. The summed E-state index contributed by atoms with van der Waals surface area (Å²) < 4.78 is 5.40. The third kappa shape index (κ3) is 5.10. The summed E-state index contributed by atoms with van der Waals surface area (Å²) in [5.74, 6) is 0.0311. The number of hydrogen-bond donors (Lipinski definition) is 2. The number of amides is 2. The van der Waals surface area contributed by atoms with Crippen molar-refractivity contribution in [3.8, 4) is 11.4 Å². The summed E-state index contributed by atoms with van der Waals surface area (Å²) in [4.78, 5) is 31.0. The van der Waals surface area contributed by atoms with Crippen LogP contribution in [-0.2, 0) is 11.3 Å². The maximum atomic E-state index is 12.8. The van der Waals surface area contributed by atoms with Crippen molar-refractivity contribution in [1.82, 2.24) is 15.0 Å². The number of carbonyl (C=O) groups is 2. The number of benzene rings is 2. The van der Waals surface area contributed by atoms with Crippen LogP contribution in [0.4, 0.5) is 5.69 Å². The van der Waals surface area contributed by atoms with Gasteiger partial charge in [0.2, 0.25) is 17.6 Å². The lowest BCUT2D eigenvalue weighted by Crippen LogP contribution is -2.40. The Morgan fingerprint density at radius 2 is 2.06 bits per heavy atom. The van der Waals surface area contributed by atoms with Crippen molar-refractivity contribution in [1.29, 1.82) is 0 Å². The van der Waals surface area contributed by atoms with E-state index < -0.39 is 5.91 Å². The Labute approximate surface area is 184 Å². The number of nitrogens with zero attached hydrogens (tertiary/aromatic N) is 3. The normalized spacial score (nSPS) is 16.7. The lowest BCUT2D eigenvalue weighted by Gasteiger charge is -2.31. The van der Waals surface area contributed by atoms with Crippen LogP contribution in [0.2, 0.25) is 5.02 Å². The minimum atomic E-state index is -0.576. The Morgan fingerprint density at radius 1 is 1.23 bits per heavy atom. The molecule has 2 heterocycles. The molecule has 1 aliphatic heterocycles. The van der Waals surface area contributed by atoms with E-state index in [0.29, 0.717) is 41.1 Å². The number of primary amides is 1. The highest BCUT2D eigenvalue weighted by Gasteiger charge is 2.27. The molecule has 9 heteroatoms. The average molecular weight is 440 g/mol. The van der Waals surface area contributed by atoms with Gasteiger partial charge >= 0.3 is 0 Å². The number of aromatic nitrogens is 2. The summed E-state index contributed by atoms with van der Waals surface area (Å²) in [6, 6.07) is 14.0. The van der Waals surface area contributed by atoms with Gasteiger partial charge in [-0.05, 0) is 43.7 Å². The number of piperidine rings is 1. The van der Waals surface area contributed by atoms with Gasteiger partial charge in [0.25, 0.3) is 5.91 Å². The molecule has 1 saturated heterocycles. The number of hydrogen-bond acceptors (Lipinski definition) is 6. The Hall–Kier alpha value is -3.23. The fourth-order valence-electron chi connectivity index (χ4n) is 3.71. The van der Waals surface area contributed by atoms with Gasteiger partial charge in [0, 0.05) is 17.1 Å². The van der Waals surface area contributed by atoms with Crippen molar-refractivity contribution in [3.05, 3.63) is 65.0 Å². The van der Waals surface area contributed by atoms with Gasteiger partial charge in [-0.3, -0.25) is 14.5 Å². The zero-order valence-electron chi connectivity index (χ0n) is 16.8. The predicted octanol–water partition coefficient (Wildman–Crippen LogP) is 3.34. The average Bonchev–Trinajstić information content (AvgIpc) is 3.22. The molecule has 0 spiro atoms. The first-order chi connectivity index (χ1) is 15.0. The van der Waals surface area contributed by atoms with Crippen LogP contribution in [0.5, 0.6) is 0 Å². The second-order valence-electron chi connectivity index (χ2n) is 7.50. The topological polar surface area (TPSA) is 114 Å². The van der Waals surface area contributed by atoms with Crippen LogP contribution in [0.15, 0.2) is 53.1 Å². The molecule has 2 aromatic carbocycles. The SMILES string of the molecule is NC(=O)c1ccccc1NC(=O)C1CCCN(Cc2nc(-c3cccc(Cl)c3)no2)C1. The number of rotatable bonds is 6. The van der Waals surface area contributed by atoms with Gasteiger partial charge in [-0.1, -0.05) is 41.0 Å². The van der Waals surface area contributed by atoms with Gasteiger partial charge in [-0.2, -0.15) is 4.98 Å². The Morgan fingerprint density at radius 3 is 2.87 bits per heavy atom. The van der Waals surface area contributed by atoms with E-state index in [4.69, 9.17) is 21.9 Å². The molecule has 1 aliphatic rings. The van der Waals surface area contributed by atoms with E-state index in [-0.39, 0.29) is 11.8 Å². The molecule has 0 bridgehead atoms. The van der Waals surface area contributed by atoms with Gasteiger partial charge in [-0.25, -0.2) is 0 Å². The highest BCUT2D eigenvalue weighted by molar-refractivity contribution is 6.30. The van der Waals surface area contributed by atoms with Gasteiger partial charge in [-0.15, -0.1) is 0 Å². The van der Waals surface area contributed by atoms with E-state index >= 15 is 0 Å². The number of para-hydroxylation sites is 1. The monoisotopic (exact) mass is 439 g/mol. The summed E-state index contributed by atoms with van der Waals surface area (Å²) in [6.07, 6.45) is 1.63. The second-order valence-corrected chi connectivity index (χ2v) is 7.93. The molecule has 0 radical (unpaired) electrons. The molecule has 1 fully saturated rings. The Kier molecular flexibility index (Phi) is 6.29. The first-order valence-electron chi connectivity index (χ1n) is 10.00. The molecule has 1 atom stereocenters. The minimum absolute atomic E-state index is 0.136. The van der Waals surface area contributed by atoms with Gasteiger partial charge in [0.15, 0.2) is 0 Å². The predicted molar refractivity (Wildman–Crippen MR) is 116 cm³/mol. The molecular formula is C22H22ClN5O3. The van der Waals surface area contributed by atoms with E-state index in [1.165, 1.54) is 0 Å². The third-order valence-electron chi connectivity index (χ3n) is 5.24. The smallest absolute Gasteiger partial charge is 0.250 e. The summed E-state index contributed by atoms with van der Waals surface area (Å²) in [6.45, 7) is 1.84. The van der Waals surface area contributed by atoms with Crippen molar-refractivity contribution in [2.24, 2.45) is 11.7 Å². The van der Waals surface area contributed by atoms with Crippen molar-refractivity contribution in [2.75, 3.05) is 18.4 Å². The Bertz CT molecular complexity index is 1100. The lowest BCUT2D eigenvalue weighted by molar-refractivity contribution is -0.121. The fraction of sp³-hybridized carbons (Fsp3) is 0.273. The molecule has 1 aromatic heterocycles. The molecule has 3 N–H and O–H groups in total. The molecule has 1 unspecified atom stereocenters. The van der Waals surface area contributed by atoms with Crippen molar-refractivity contribution < 1.29 is 14.1 Å². The maximum Gasteiger partial charge on any atom is 0.250 e. The molecular weight excluding hydrogens is 418 g/mol. The van der Waals surface area contributed by atoms with E-state index in [9.17, 15) is 9.59 Å². The van der Waals surface area contributed by atoms with Crippen LogP contribution in [0.25, 0.3) is 11.4 Å². The number of likely N-dealkylation sites (tertiary alicyclic amines) is 1. The standard InChI is InChI=1S/C22H22ClN5O3/c23-16-7-3-5-14(11-16)21-26-19(31-27-21)13-28-10-4-6-15(12-28)22(30)25-18-9-2-1-8-17(18)20(24)29/h1-3,5,7-9,11,15H,4,6,10,12-13H2,(H2,24,29)(H,25,30). The Balaban J connectivity index is 1.39. The summed E-state index contributed by atoms with van der Waals surface area (Å²) in [7, 11) is 0. The van der Waals surface area contributed by atoms with E-state index in [1.54, 1.807) is 36.4 Å². The third-order valence-corrected chi connectivity index (χ3v) is 5.47. The van der Waals surface area contributed by atoms with Crippen LogP contribution in [0.3, 0.4) is 0 Å². The molecule has 0 aliphatic carbocycles. The number of nitrogens with two attached hydrogens (primary N) is 1. The number of anilines is 1. The molecule has 0 saturated carbocycles. The number of carbonyl (C=O) groups excluding carboxylic acids is 2. The van der Waals surface area contributed by atoms with Gasteiger partial charge in [0.1, 0.15) is 0 Å². The van der Waals surface area contributed by atoms with E-state index in [1.807, 2.05) is 12.1 Å². The van der Waals surface area contributed by atoms with Crippen LogP contribution < -0.4 is 11.1 Å². The molecule has 31 heavy (non-hydrogen) atoms. The molecule has 160 valence electrons. The molecule has 4 rings (SSSR count). The maximum absolute atomic E-state index is 12.8. The first-order valence-corrected chi connectivity index (χ1v) is 10.4. The van der Waals surface area contributed by atoms with Crippen LogP contribution in [0.1, 0.15) is 29.1 Å². The number of halogens is 1. The van der Waals surface area contributed by atoms with E-state index in [2.05, 4.69) is 20.4 Å². The molecule has 8 nitrogen and oxygen atoms in total. The summed E-state index contributed by atoms with van der Waals surface area (Å²) in [5.41, 5.74) is 6.91. The summed E-state index contributed by atoms with van der Waals surface area (Å²) in [5, 5.41) is 7.48. The zero-order valence-corrected chi connectivity index (χ0v) is 17.5. The molecule has 2 amide bonds. The first kappa shape index (κ1) is 21.0. The zero-order chi connectivity index (χ0) is 21.8. The van der Waals surface area contributed by atoms with Gasteiger partial charge in [0.05, 0.1) is 23.7 Å². The second kappa shape index (κ2) is 9.28. The van der Waals surface area contributed by atoms with Crippen LogP contribution in [0, 0.1) is 5.92 Å². The fourth-order valence-corrected chi connectivity index (χ4v) is 3.90. The van der Waals surface area contributed by atoms with Crippen molar-refractivity contribution in [2.45, 2.75) is 19.4 Å². The lowest BCUT2D eigenvalue weighted by atomic mass is 9.97. The summed E-state index contributed by atoms with van der Waals surface area (Å²) >= 11 is 6.03. The largest absolute Gasteiger partial charge is 0.366 e. The number of nitrogens with one attached hydrogen (secondary N) is 1. The van der Waals surface area contributed by atoms with Crippen LogP contribution in [-0.4, -0.2) is 39.9 Å². The molecule has 3 aromatic rings. The highest BCUT2D eigenvalue weighted by atomic mass is 35.5. The van der Waals surface area contributed by atoms with Crippen LogP contribution >= 0.6 is 11.6 Å². The highest BCUT2D eigenvalue weighted by Crippen LogP contribution is 2.23. The van der Waals surface area contributed by atoms with Crippen molar-refractivity contribution in [3.63, 3.8) is 0 Å².